The van der Waals surface area contributed by atoms with E-state index in [-0.39, 0.29) is 10.7 Å². The summed E-state index contributed by atoms with van der Waals surface area (Å²) in [5, 5.41) is 3.04. The largest absolute Gasteiger partial charge is 0.398 e. The third-order valence-corrected chi connectivity index (χ3v) is 5.69. The molecular formula is C14H19BrN2OS. The highest BCUT2D eigenvalue weighted by atomic mass is 79.9. The van der Waals surface area contributed by atoms with Gasteiger partial charge in [0.2, 0.25) is 0 Å². The van der Waals surface area contributed by atoms with Crippen molar-refractivity contribution in [3.63, 3.8) is 0 Å². The molecule has 1 aliphatic carbocycles. The fourth-order valence-corrected chi connectivity index (χ4v) is 3.84. The number of nitrogens with one attached hydrogen (secondary N) is 1. The lowest BCUT2D eigenvalue weighted by molar-refractivity contribution is 0.0950. The molecule has 0 atom stereocenters. The Hall–Kier alpha value is -0.680. The molecule has 0 heterocycles. The number of rotatable bonds is 4. The molecule has 2 rings (SSSR count). The van der Waals surface area contributed by atoms with Crippen molar-refractivity contribution in [1.29, 1.82) is 0 Å². The van der Waals surface area contributed by atoms with Gasteiger partial charge in [-0.25, -0.2) is 0 Å². The highest BCUT2D eigenvalue weighted by Gasteiger charge is 2.33. The normalized spacial score (nSPS) is 17.4. The van der Waals surface area contributed by atoms with Crippen LogP contribution in [-0.4, -0.2) is 23.5 Å². The number of halogens is 1. The molecule has 0 aromatic heterocycles. The number of anilines is 1. The third-order valence-electron chi connectivity index (χ3n) is 3.78. The average Bonchev–Trinajstić information content (AvgIpc) is 2.85. The van der Waals surface area contributed by atoms with E-state index in [1.165, 1.54) is 25.7 Å². The molecule has 5 heteroatoms. The first-order chi connectivity index (χ1) is 9.06. The van der Waals surface area contributed by atoms with Crippen LogP contribution >= 0.6 is 27.7 Å². The summed E-state index contributed by atoms with van der Waals surface area (Å²) in [7, 11) is 0. The molecule has 0 radical (unpaired) electrons. The molecule has 0 spiro atoms. The SMILES string of the molecule is CSC1(CNC(=O)c2ccc(Br)cc2N)CCCC1. The van der Waals surface area contributed by atoms with Crippen molar-refractivity contribution in [3.05, 3.63) is 28.2 Å². The van der Waals surface area contributed by atoms with E-state index in [4.69, 9.17) is 5.73 Å². The summed E-state index contributed by atoms with van der Waals surface area (Å²) in [5.74, 6) is -0.0784. The second kappa shape index (κ2) is 6.18. The van der Waals surface area contributed by atoms with Crippen molar-refractivity contribution in [2.24, 2.45) is 0 Å². The molecular weight excluding hydrogens is 324 g/mol. The standard InChI is InChI=1S/C14H19BrN2OS/c1-19-14(6-2-3-7-14)9-17-13(18)11-5-4-10(15)8-12(11)16/h4-5,8H,2-3,6-7,9,16H2,1H3,(H,17,18). The van der Waals surface area contributed by atoms with Crippen LogP contribution in [0.3, 0.4) is 0 Å². The highest BCUT2D eigenvalue weighted by Crippen LogP contribution is 2.39. The number of thioether (sulfide) groups is 1. The van der Waals surface area contributed by atoms with Crippen molar-refractivity contribution < 1.29 is 4.79 Å². The lowest BCUT2D eigenvalue weighted by atomic mass is 10.1. The number of carbonyl (C=O) groups is 1. The van der Waals surface area contributed by atoms with Gasteiger partial charge in [-0.3, -0.25) is 4.79 Å². The van der Waals surface area contributed by atoms with Gasteiger partial charge in [-0.15, -0.1) is 0 Å². The molecule has 19 heavy (non-hydrogen) atoms. The Balaban J connectivity index is 2.01. The predicted octanol–water partition coefficient (Wildman–Crippen LogP) is 3.44. The molecule has 0 unspecified atom stereocenters. The van der Waals surface area contributed by atoms with Crippen molar-refractivity contribution >= 4 is 39.3 Å². The first-order valence-electron chi connectivity index (χ1n) is 6.45. The molecule has 0 saturated heterocycles. The Kier molecular flexibility index (Phi) is 4.79. The van der Waals surface area contributed by atoms with Gasteiger partial charge in [-0.2, -0.15) is 11.8 Å². The lowest BCUT2D eigenvalue weighted by Gasteiger charge is -2.27. The molecule has 1 aliphatic rings. The number of hydrogen-bond acceptors (Lipinski definition) is 3. The number of nitrogens with two attached hydrogens (primary N) is 1. The zero-order valence-electron chi connectivity index (χ0n) is 11.0. The van der Waals surface area contributed by atoms with Crippen LogP contribution in [0, 0.1) is 0 Å². The Morgan fingerprint density at radius 2 is 2.16 bits per heavy atom. The van der Waals surface area contributed by atoms with E-state index in [0.29, 0.717) is 11.3 Å². The second-order valence-electron chi connectivity index (χ2n) is 5.01. The summed E-state index contributed by atoms with van der Waals surface area (Å²) in [6.07, 6.45) is 7.02. The van der Waals surface area contributed by atoms with Gasteiger partial charge in [0.25, 0.3) is 5.91 Å². The monoisotopic (exact) mass is 342 g/mol. The topological polar surface area (TPSA) is 55.1 Å². The van der Waals surface area contributed by atoms with Gasteiger partial charge in [0.05, 0.1) is 5.56 Å². The molecule has 1 saturated carbocycles. The average molecular weight is 343 g/mol. The van der Waals surface area contributed by atoms with Gasteiger partial charge in [0.1, 0.15) is 0 Å². The smallest absolute Gasteiger partial charge is 0.253 e. The zero-order chi connectivity index (χ0) is 13.9. The van der Waals surface area contributed by atoms with Crippen LogP contribution in [0.15, 0.2) is 22.7 Å². The summed E-state index contributed by atoms with van der Waals surface area (Å²) in [6.45, 7) is 0.725. The molecule has 104 valence electrons. The first kappa shape index (κ1) is 14.7. The maximum absolute atomic E-state index is 12.2. The van der Waals surface area contributed by atoms with Crippen molar-refractivity contribution in [2.75, 3.05) is 18.5 Å². The summed E-state index contributed by atoms with van der Waals surface area (Å²) in [6, 6.07) is 5.36. The molecule has 1 amide bonds. The molecule has 3 nitrogen and oxygen atoms in total. The van der Waals surface area contributed by atoms with E-state index in [1.54, 1.807) is 12.1 Å². The van der Waals surface area contributed by atoms with Crippen molar-refractivity contribution in [1.82, 2.24) is 5.32 Å². The fraction of sp³-hybridized carbons (Fsp3) is 0.500. The molecule has 1 aromatic carbocycles. The Morgan fingerprint density at radius 1 is 1.47 bits per heavy atom. The van der Waals surface area contributed by atoms with E-state index in [0.717, 1.165) is 11.0 Å². The Bertz CT molecular complexity index is 473. The summed E-state index contributed by atoms with van der Waals surface area (Å²) in [4.78, 5) is 12.2. The summed E-state index contributed by atoms with van der Waals surface area (Å²) >= 11 is 5.21. The van der Waals surface area contributed by atoms with Crippen LogP contribution in [0.2, 0.25) is 0 Å². The van der Waals surface area contributed by atoms with Gasteiger partial charge in [-0.1, -0.05) is 28.8 Å². The van der Waals surface area contributed by atoms with Gasteiger partial charge < -0.3 is 11.1 Å². The minimum absolute atomic E-state index is 0.0784. The maximum Gasteiger partial charge on any atom is 0.253 e. The van der Waals surface area contributed by atoms with E-state index >= 15 is 0 Å². The number of hydrogen-bond donors (Lipinski definition) is 2. The van der Waals surface area contributed by atoms with Gasteiger partial charge in [0, 0.05) is 21.5 Å². The molecule has 1 aromatic rings. The summed E-state index contributed by atoms with van der Waals surface area (Å²) < 4.78 is 1.11. The van der Waals surface area contributed by atoms with E-state index in [2.05, 4.69) is 27.5 Å². The number of carbonyl (C=O) groups excluding carboxylic acids is 1. The predicted molar refractivity (Wildman–Crippen MR) is 85.6 cm³/mol. The quantitative estimate of drug-likeness (QED) is 0.824. The van der Waals surface area contributed by atoms with Gasteiger partial charge in [0.15, 0.2) is 0 Å². The van der Waals surface area contributed by atoms with E-state index in [9.17, 15) is 4.79 Å². The van der Waals surface area contributed by atoms with Crippen LogP contribution in [-0.2, 0) is 0 Å². The number of nitrogen functional groups attached to an aromatic ring is 1. The van der Waals surface area contributed by atoms with Gasteiger partial charge in [-0.05, 0) is 37.3 Å². The first-order valence-corrected chi connectivity index (χ1v) is 8.46. The zero-order valence-corrected chi connectivity index (χ0v) is 13.4. The van der Waals surface area contributed by atoms with Crippen LogP contribution in [0.4, 0.5) is 5.69 Å². The highest BCUT2D eigenvalue weighted by molar-refractivity contribution is 9.10. The van der Waals surface area contributed by atoms with E-state index < -0.39 is 0 Å². The number of amides is 1. The molecule has 3 N–H and O–H groups in total. The Labute approximate surface area is 126 Å². The minimum Gasteiger partial charge on any atom is -0.398 e. The Morgan fingerprint density at radius 3 is 2.74 bits per heavy atom. The summed E-state index contributed by atoms with van der Waals surface area (Å²) in [5.41, 5.74) is 6.94. The van der Waals surface area contributed by atoms with Crippen molar-refractivity contribution in [2.45, 2.75) is 30.4 Å². The maximum atomic E-state index is 12.2. The van der Waals surface area contributed by atoms with Crippen LogP contribution in [0.1, 0.15) is 36.0 Å². The fourth-order valence-electron chi connectivity index (χ4n) is 2.55. The second-order valence-corrected chi connectivity index (χ2v) is 7.20. The van der Waals surface area contributed by atoms with Crippen LogP contribution < -0.4 is 11.1 Å². The van der Waals surface area contributed by atoms with Crippen LogP contribution in [0.25, 0.3) is 0 Å². The molecule has 0 aliphatic heterocycles. The number of benzene rings is 1. The van der Waals surface area contributed by atoms with Crippen molar-refractivity contribution in [3.8, 4) is 0 Å². The van der Waals surface area contributed by atoms with Crippen LogP contribution in [0.5, 0.6) is 0 Å². The third kappa shape index (κ3) is 3.45. The molecule has 0 bridgehead atoms. The minimum atomic E-state index is -0.0784. The lowest BCUT2D eigenvalue weighted by Crippen LogP contribution is -2.38. The van der Waals surface area contributed by atoms with E-state index in [1.807, 2.05) is 17.8 Å². The molecule has 1 fully saturated rings. The van der Waals surface area contributed by atoms with Gasteiger partial charge >= 0.3 is 0 Å².